The third kappa shape index (κ3) is 5.30. The van der Waals surface area contributed by atoms with Crippen molar-refractivity contribution in [2.75, 3.05) is 55.9 Å². The average Bonchev–Trinajstić information content (AvgIpc) is 3.42. The third-order valence-electron chi connectivity index (χ3n) is 7.06. The number of aromatic amines is 1. The number of anilines is 5. The molecule has 2 aromatic heterocycles. The number of fused-ring (bicyclic) bond motifs is 1. The summed E-state index contributed by atoms with van der Waals surface area (Å²) in [5.74, 6) is 0.263. The number of aromatic nitrogens is 3. The van der Waals surface area contributed by atoms with Gasteiger partial charge in [-0.25, -0.2) is 4.39 Å². The highest BCUT2D eigenvalue weighted by molar-refractivity contribution is 6.01. The van der Waals surface area contributed by atoms with E-state index in [2.05, 4.69) is 49.2 Å². The maximum Gasteiger partial charge on any atom is 0.253 e. The molecule has 3 heterocycles. The van der Waals surface area contributed by atoms with E-state index in [4.69, 9.17) is 15.2 Å². The summed E-state index contributed by atoms with van der Waals surface area (Å²) in [5, 5.41) is 6.92. The lowest BCUT2D eigenvalue weighted by Gasteiger charge is -2.38. The zero-order valence-electron chi connectivity index (χ0n) is 22.9. The zero-order valence-corrected chi connectivity index (χ0v) is 22.9. The molecule has 40 heavy (non-hydrogen) atoms. The molecule has 1 fully saturated rings. The minimum absolute atomic E-state index is 0.195. The second-order valence-corrected chi connectivity index (χ2v) is 9.75. The maximum absolute atomic E-state index is 14.4. The van der Waals surface area contributed by atoms with Crippen molar-refractivity contribution in [2.24, 2.45) is 5.73 Å². The van der Waals surface area contributed by atoms with Crippen LogP contribution in [0.25, 0.3) is 11.0 Å². The molecule has 0 radical (unpaired) electrons. The highest BCUT2D eigenvalue weighted by Crippen LogP contribution is 2.40. The normalized spacial score (nSPS) is 14.0. The Bertz CT molecular complexity index is 1530. The molecule has 0 spiro atoms. The molecular formula is C28H33FN8O3. The molecule has 1 aliphatic heterocycles. The lowest BCUT2D eigenvalue weighted by molar-refractivity contribution is 0.0997. The molecular weight excluding hydrogens is 515 g/mol. The number of carbonyl (C=O) groups is 1. The van der Waals surface area contributed by atoms with Crippen molar-refractivity contribution >= 4 is 45.8 Å². The van der Waals surface area contributed by atoms with Crippen molar-refractivity contribution in [3.8, 4) is 11.5 Å². The van der Waals surface area contributed by atoms with Crippen LogP contribution < -0.4 is 30.7 Å². The number of carbonyl (C=O) groups excluding carboxylic acids is 1. The quantitative estimate of drug-likeness (QED) is 0.242. The number of benzene rings is 2. The van der Waals surface area contributed by atoms with Crippen LogP contribution in [-0.2, 0) is 0 Å². The van der Waals surface area contributed by atoms with Gasteiger partial charge < -0.3 is 35.7 Å². The van der Waals surface area contributed by atoms with Crippen LogP contribution in [-0.4, -0.2) is 72.2 Å². The number of rotatable bonds is 9. The van der Waals surface area contributed by atoms with Crippen LogP contribution in [0.1, 0.15) is 24.2 Å². The number of H-pyrrole nitrogens is 1. The SMILES string of the molecule is COc1cc(N2CCN(C(C)C)CC2)c(OC)cc1Nc1nc(Nc2cccc(F)c2C(N)=O)c2cc[nH]c2n1. The Morgan fingerprint density at radius 1 is 1.02 bits per heavy atom. The van der Waals surface area contributed by atoms with Crippen molar-refractivity contribution in [2.45, 2.75) is 19.9 Å². The molecule has 2 aromatic carbocycles. The number of halogens is 1. The van der Waals surface area contributed by atoms with E-state index in [1.165, 1.54) is 12.1 Å². The van der Waals surface area contributed by atoms with Crippen LogP contribution in [0.5, 0.6) is 11.5 Å². The van der Waals surface area contributed by atoms with Gasteiger partial charge >= 0.3 is 0 Å². The Balaban J connectivity index is 1.47. The number of hydrogen-bond acceptors (Lipinski definition) is 9. The summed E-state index contributed by atoms with van der Waals surface area (Å²) in [6.07, 6.45) is 1.71. The van der Waals surface area contributed by atoms with E-state index in [9.17, 15) is 9.18 Å². The monoisotopic (exact) mass is 548 g/mol. The Morgan fingerprint density at radius 3 is 2.45 bits per heavy atom. The highest BCUT2D eigenvalue weighted by Gasteiger charge is 2.24. The first-order chi connectivity index (χ1) is 19.3. The number of nitrogens with one attached hydrogen (secondary N) is 3. The summed E-state index contributed by atoms with van der Waals surface area (Å²) in [6, 6.07) is 10.3. The molecule has 4 aromatic rings. The van der Waals surface area contributed by atoms with Gasteiger partial charge in [-0.3, -0.25) is 9.69 Å². The Labute approximate surface area is 231 Å². The van der Waals surface area contributed by atoms with Gasteiger partial charge in [0.2, 0.25) is 5.95 Å². The van der Waals surface area contributed by atoms with Crippen LogP contribution in [0.2, 0.25) is 0 Å². The molecule has 1 saturated heterocycles. The number of primary amides is 1. The minimum Gasteiger partial charge on any atom is -0.494 e. The summed E-state index contributed by atoms with van der Waals surface area (Å²) in [7, 11) is 3.24. The van der Waals surface area contributed by atoms with Crippen molar-refractivity contribution < 1.29 is 18.7 Å². The van der Waals surface area contributed by atoms with Gasteiger partial charge in [0.15, 0.2) is 0 Å². The van der Waals surface area contributed by atoms with E-state index >= 15 is 0 Å². The number of nitrogens with two attached hydrogens (primary N) is 1. The lowest BCUT2D eigenvalue weighted by Crippen LogP contribution is -2.49. The highest BCUT2D eigenvalue weighted by atomic mass is 19.1. The van der Waals surface area contributed by atoms with Gasteiger partial charge in [0.25, 0.3) is 5.91 Å². The zero-order chi connectivity index (χ0) is 28.4. The van der Waals surface area contributed by atoms with Crippen molar-refractivity contribution in [3.05, 3.63) is 54.0 Å². The molecule has 0 aliphatic carbocycles. The molecule has 0 saturated carbocycles. The summed E-state index contributed by atoms with van der Waals surface area (Å²) in [5.41, 5.74) is 7.46. The minimum atomic E-state index is -0.888. The van der Waals surface area contributed by atoms with E-state index in [1.54, 1.807) is 32.5 Å². The fourth-order valence-corrected chi connectivity index (χ4v) is 4.92. The molecule has 0 unspecified atom stereocenters. The molecule has 11 nitrogen and oxygen atoms in total. The number of ether oxygens (including phenoxy) is 2. The van der Waals surface area contributed by atoms with Crippen LogP contribution in [0, 0.1) is 5.82 Å². The van der Waals surface area contributed by atoms with Crippen LogP contribution in [0.4, 0.5) is 33.2 Å². The average molecular weight is 549 g/mol. The predicted octanol–water partition coefficient (Wildman–Crippen LogP) is 4.23. The summed E-state index contributed by atoms with van der Waals surface area (Å²) in [4.78, 5) is 29.0. The molecule has 210 valence electrons. The van der Waals surface area contributed by atoms with Gasteiger partial charge in [0.1, 0.15) is 28.8 Å². The first kappa shape index (κ1) is 27.0. The molecule has 0 atom stereocenters. The fourth-order valence-electron chi connectivity index (χ4n) is 4.92. The van der Waals surface area contributed by atoms with Gasteiger partial charge in [-0.15, -0.1) is 0 Å². The molecule has 5 rings (SSSR count). The molecule has 1 aliphatic rings. The van der Waals surface area contributed by atoms with E-state index in [0.717, 1.165) is 31.9 Å². The number of piperazine rings is 1. The van der Waals surface area contributed by atoms with E-state index < -0.39 is 11.7 Å². The van der Waals surface area contributed by atoms with Crippen molar-refractivity contribution in [1.29, 1.82) is 0 Å². The largest absolute Gasteiger partial charge is 0.494 e. The number of hydrogen-bond donors (Lipinski definition) is 4. The number of amides is 1. The van der Waals surface area contributed by atoms with Crippen LogP contribution in [0.3, 0.4) is 0 Å². The van der Waals surface area contributed by atoms with Gasteiger partial charge in [0.05, 0.1) is 42.2 Å². The summed E-state index contributed by atoms with van der Waals surface area (Å²) >= 11 is 0. The topological polar surface area (TPSA) is 134 Å². The van der Waals surface area contributed by atoms with Gasteiger partial charge in [-0.2, -0.15) is 9.97 Å². The Kier molecular flexibility index (Phi) is 7.60. The molecule has 0 bridgehead atoms. The second-order valence-electron chi connectivity index (χ2n) is 9.75. The third-order valence-corrected chi connectivity index (χ3v) is 7.06. The van der Waals surface area contributed by atoms with E-state index in [1.807, 2.05) is 12.1 Å². The van der Waals surface area contributed by atoms with Crippen molar-refractivity contribution in [3.63, 3.8) is 0 Å². The smallest absolute Gasteiger partial charge is 0.253 e. The van der Waals surface area contributed by atoms with E-state index in [-0.39, 0.29) is 17.2 Å². The Morgan fingerprint density at radius 2 is 1.77 bits per heavy atom. The van der Waals surface area contributed by atoms with Gasteiger partial charge in [0, 0.05) is 50.6 Å². The lowest BCUT2D eigenvalue weighted by atomic mass is 10.1. The maximum atomic E-state index is 14.4. The summed E-state index contributed by atoms with van der Waals surface area (Å²) < 4.78 is 25.9. The predicted molar refractivity (Wildman–Crippen MR) is 154 cm³/mol. The first-order valence-electron chi connectivity index (χ1n) is 13.0. The molecule has 12 heteroatoms. The fraction of sp³-hybridized carbons (Fsp3) is 0.321. The molecule has 1 amide bonds. The van der Waals surface area contributed by atoms with E-state index in [0.29, 0.717) is 40.1 Å². The number of methoxy groups -OCH3 is 2. The van der Waals surface area contributed by atoms with Crippen molar-refractivity contribution in [1.82, 2.24) is 19.9 Å². The Hall–Kier alpha value is -4.58. The standard InChI is InChI=1S/C28H33FN8O3/c1-16(2)36-10-12-37(13-11-36)21-15-22(39-3)20(14-23(21)40-4)33-28-34-26-17(8-9-31-26)27(35-28)32-19-7-5-6-18(29)24(19)25(30)38/h5-9,14-16H,10-13H2,1-4H3,(H2,30,38)(H3,31,32,33,34,35). The van der Waals surface area contributed by atoms with Crippen LogP contribution in [0.15, 0.2) is 42.6 Å². The summed E-state index contributed by atoms with van der Waals surface area (Å²) in [6.45, 7) is 8.10. The van der Waals surface area contributed by atoms with Gasteiger partial charge in [-0.1, -0.05) is 6.07 Å². The second kappa shape index (κ2) is 11.3. The first-order valence-corrected chi connectivity index (χ1v) is 13.0. The van der Waals surface area contributed by atoms with Gasteiger partial charge in [-0.05, 0) is 32.0 Å². The number of nitrogens with zero attached hydrogens (tertiary/aromatic N) is 4. The molecule has 5 N–H and O–H groups in total. The van der Waals surface area contributed by atoms with Crippen LogP contribution >= 0.6 is 0 Å².